The summed E-state index contributed by atoms with van der Waals surface area (Å²) in [5.41, 5.74) is 6.36. The van der Waals surface area contributed by atoms with Crippen LogP contribution in [0.3, 0.4) is 0 Å². The van der Waals surface area contributed by atoms with Crippen molar-refractivity contribution in [3.63, 3.8) is 0 Å². The molecule has 2 rings (SSSR count). The van der Waals surface area contributed by atoms with Crippen LogP contribution in [0.2, 0.25) is 5.02 Å². The minimum absolute atomic E-state index is 0.262. The lowest BCUT2D eigenvalue weighted by molar-refractivity contribution is 0.334. The normalized spacial score (nSPS) is 23.2. The average molecular weight is 279 g/mol. The highest BCUT2D eigenvalue weighted by molar-refractivity contribution is 6.34. The number of pyridine rings is 1. The Balaban J connectivity index is 2.28. The molecule has 19 heavy (non-hydrogen) atoms. The van der Waals surface area contributed by atoms with Crippen LogP contribution in [0.5, 0.6) is 0 Å². The molecule has 2 heterocycles. The van der Waals surface area contributed by atoms with Gasteiger partial charge in [0.1, 0.15) is 16.9 Å². The van der Waals surface area contributed by atoms with Gasteiger partial charge in [-0.3, -0.25) is 0 Å². The lowest BCUT2D eigenvalue weighted by Gasteiger charge is -2.40. The maximum absolute atomic E-state index is 9.04. The van der Waals surface area contributed by atoms with E-state index in [4.69, 9.17) is 22.6 Å². The molecule has 1 aliphatic heterocycles. The lowest BCUT2D eigenvalue weighted by atomic mass is 9.89. The van der Waals surface area contributed by atoms with Crippen LogP contribution in [-0.4, -0.2) is 24.1 Å². The molecule has 102 valence electrons. The van der Waals surface area contributed by atoms with E-state index in [0.717, 1.165) is 25.3 Å². The van der Waals surface area contributed by atoms with Crippen LogP contribution in [0.15, 0.2) is 12.3 Å². The molecule has 1 aromatic heterocycles. The third-order valence-electron chi connectivity index (χ3n) is 3.94. The van der Waals surface area contributed by atoms with Crippen molar-refractivity contribution in [1.82, 2.24) is 4.98 Å². The Labute approximate surface area is 119 Å². The van der Waals surface area contributed by atoms with Gasteiger partial charge in [0.25, 0.3) is 0 Å². The molecule has 0 saturated carbocycles. The third-order valence-corrected chi connectivity index (χ3v) is 4.31. The van der Waals surface area contributed by atoms with Gasteiger partial charge >= 0.3 is 0 Å². The fraction of sp³-hybridized carbons (Fsp3) is 0.571. The summed E-state index contributed by atoms with van der Waals surface area (Å²) in [5, 5.41) is 9.48. The zero-order chi connectivity index (χ0) is 13.8. The molecule has 2 unspecified atom stereocenters. The third kappa shape index (κ3) is 2.83. The van der Waals surface area contributed by atoms with Crippen LogP contribution in [0.1, 0.15) is 31.7 Å². The van der Waals surface area contributed by atoms with E-state index < -0.39 is 0 Å². The minimum atomic E-state index is 0.262. The first kappa shape index (κ1) is 14.1. The number of nitrogens with two attached hydrogens (primary N) is 1. The van der Waals surface area contributed by atoms with Crippen LogP contribution in [-0.2, 0) is 0 Å². The highest BCUT2D eigenvalue weighted by atomic mass is 35.5. The van der Waals surface area contributed by atoms with Gasteiger partial charge in [0.15, 0.2) is 0 Å². The van der Waals surface area contributed by atoms with Crippen molar-refractivity contribution in [1.29, 1.82) is 5.26 Å². The molecule has 1 aliphatic rings. The van der Waals surface area contributed by atoms with Gasteiger partial charge in [0, 0.05) is 25.3 Å². The van der Waals surface area contributed by atoms with Crippen LogP contribution in [0.4, 0.5) is 5.82 Å². The van der Waals surface area contributed by atoms with Crippen molar-refractivity contribution < 1.29 is 0 Å². The summed E-state index contributed by atoms with van der Waals surface area (Å²) in [6, 6.07) is 4.00. The predicted molar refractivity (Wildman–Crippen MR) is 77.2 cm³/mol. The van der Waals surface area contributed by atoms with E-state index in [1.165, 1.54) is 6.42 Å². The number of aromatic nitrogens is 1. The standard InChI is InChI=1S/C14H19ClN4/c1-2-10-4-6-19(12(7-10)9-17)14-13(15)11(8-16)3-5-18-14/h3,5,10,12H,2,4,6-7,9,17H2,1H3. The Morgan fingerprint density at radius 3 is 3.05 bits per heavy atom. The number of rotatable bonds is 3. The average Bonchev–Trinajstić information content (AvgIpc) is 2.47. The van der Waals surface area contributed by atoms with Crippen LogP contribution >= 0.6 is 11.6 Å². The molecule has 0 radical (unpaired) electrons. The molecular formula is C14H19ClN4. The van der Waals surface area contributed by atoms with E-state index in [1.54, 1.807) is 12.3 Å². The molecule has 0 spiro atoms. The summed E-state index contributed by atoms with van der Waals surface area (Å²) < 4.78 is 0. The summed E-state index contributed by atoms with van der Waals surface area (Å²) in [5.74, 6) is 1.42. The fourth-order valence-electron chi connectivity index (χ4n) is 2.73. The topological polar surface area (TPSA) is 65.9 Å². The number of anilines is 1. The molecule has 0 bridgehead atoms. The summed E-state index contributed by atoms with van der Waals surface area (Å²) >= 11 is 6.27. The summed E-state index contributed by atoms with van der Waals surface area (Å²) in [4.78, 5) is 6.51. The van der Waals surface area contributed by atoms with Gasteiger partial charge in [-0.05, 0) is 24.8 Å². The van der Waals surface area contributed by atoms with Crippen molar-refractivity contribution >= 4 is 17.4 Å². The van der Waals surface area contributed by atoms with Crippen molar-refractivity contribution in [2.24, 2.45) is 11.7 Å². The largest absolute Gasteiger partial charge is 0.351 e. The molecule has 0 aliphatic carbocycles. The van der Waals surface area contributed by atoms with Gasteiger partial charge in [-0.25, -0.2) is 4.98 Å². The van der Waals surface area contributed by atoms with Crippen molar-refractivity contribution in [2.75, 3.05) is 18.0 Å². The van der Waals surface area contributed by atoms with Gasteiger partial charge in [-0.2, -0.15) is 5.26 Å². The first-order valence-electron chi connectivity index (χ1n) is 6.72. The quantitative estimate of drug-likeness (QED) is 0.923. The van der Waals surface area contributed by atoms with Gasteiger partial charge in [-0.1, -0.05) is 24.9 Å². The van der Waals surface area contributed by atoms with Crippen LogP contribution in [0.25, 0.3) is 0 Å². The highest BCUT2D eigenvalue weighted by Crippen LogP contribution is 2.33. The number of hydrogen-bond acceptors (Lipinski definition) is 4. The van der Waals surface area contributed by atoms with E-state index in [2.05, 4.69) is 22.9 Å². The monoisotopic (exact) mass is 278 g/mol. The molecule has 4 nitrogen and oxygen atoms in total. The van der Waals surface area contributed by atoms with Crippen molar-refractivity contribution in [3.8, 4) is 6.07 Å². The first-order valence-corrected chi connectivity index (χ1v) is 7.10. The zero-order valence-corrected chi connectivity index (χ0v) is 11.9. The molecule has 1 aromatic rings. The molecule has 0 aromatic carbocycles. The molecule has 2 N–H and O–H groups in total. The number of hydrogen-bond donors (Lipinski definition) is 1. The fourth-order valence-corrected chi connectivity index (χ4v) is 2.99. The maximum Gasteiger partial charge on any atom is 0.149 e. The second kappa shape index (κ2) is 6.23. The molecule has 5 heteroatoms. The summed E-state index contributed by atoms with van der Waals surface area (Å²) in [6.07, 6.45) is 5.02. The van der Waals surface area contributed by atoms with Crippen LogP contribution in [0, 0.1) is 17.2 Å². The lowest BCUT2D eigenvalue weighted by Crippen LogP contribution is -2.47. The second-order valence-electron chi connectivity index (χ2n) is 4.99. The van der Waals surface area contributed by atoms with E-state index in [9.17, 15) is 0 Å². The second-order valence-corrected chi connectivity index (χ2v) is 5.37. The number of piperidine rings is 1. The van der Waals surface area contributed by atoms with Gasteiger partial charge in [0.2, 0.25) is 0 Å². The summed E-state index contributed by atoms with van der Waals surface area (Å²) in [7, 11) is 0. The van der Waals surface area contributed by atoms with E-state index in [-0.39, 0.29) is 6.04 Å². The number of halogens is 1. The number of nitrogens with zero attached hydrogens (tertiary/aromatic N) is 3. The Bertz CT molecular complexity index is 483. The van der Waals surface area contributed by atoms with E-state index in [1.807, 2.05) is 0 Å². The molecule has 1 saturated heterocycles. The number of nitriles is 1. The minimum Gasteiger partial charge on any atom is -0.351 e. The van der Waals surface area contributed by atoms with Crippen molar-refractivity contribution in [2.45, 2.75) is 32.2 Å². The van der Waals surface area contributed by atoms with Gasteiger partial charge in [-0.15, -0.1) is 0 Å². The Morgan fingerprint density at radius 2 is 2.42 bits per heavy atom. The molecule has 2 atom stereocenters. The zero-order valence-electron chi connectivity index (χ0n) is 11.1. The first-order chi connectivity index (χ1) is 9.21. The molecular weight excluding hydrogens is 260 g/mol. The molecule has 1 fully saturated rings. The van der Waals surface area contributed by atoms with Gasteiger partial charge in [0.05, 0.1) is 5.56 Å². The summed E-state index contributed by atoms with van der Waals surface area (Å²) in [6.45, 7) is 3.71. The Kier molecular flexibility index (Phi) is 4.62. The predicted octanol–water partition coefficient (Wildman–Crippen LogP) is 2.56. The van der Waals surface area contributed by atoms with Gasteiger partial charge < -0.3 is 10.6 Å². The van der Waals surface area contributed by atoms with E-state index >= 15 is 0 Å². The smallest absolute Gasteiger partial charge is 0.149 e. The Hall–Kier alpha value is -1.31. The SMILES string of the molecule is CCC1CCN(c2nccc(C#N)c2Cl)C(CN)C1. The Morgan fingerprint density at radius 1 is 1.63 bits per heavy atom. The van der Waals surface area contributed by atoms with Crippen molar-refractivity contribution in [3.05, 3.63) is 22.8 Å². The maximum atomic E-state index is 9.04. The van der Waals surface area contributed by atoms with E-state index in [0.29, 0.717) is 22.9 Å². The van der Waals surface area contributed by atoms with Crippen LogP contribution < -0.4 is 10.6 Å². The highest BCUT2D eigenvalue weighted by Gasteiger charge is 2.29. The molecule has 0 amide bonds.